The number of methoxy groups -OCH3 is 1. The molecule has 0 radical (unpaired) electrons. The van der Waals surface area contributed by atoms with Gasteiger partial charge in [-0.25, -0.2) is 13.2 Å². The van der Waals surface area contributed by atoms with Crippen molar-refractivity contribution < 1.29 is 27.9 Å². The molecule has 0 spiro atoms. The maximum Gasteiger partial charge on any atom is 0.339 e. The number of hydrogen-bond donors (Lipinski definition) is 2. The van der Waals surface area contributed by atoms with Gasteiger partial charge in [0.25, 0.3) is 0 Å². The quantitative estimate of drug-likeness (QED) is 0.844. The summed E-state index contributed by atoms with van der Waals surface area (Å²) >= 11 is 0. The van der Waals surface area contributed by atoms with Gasteiger partial charge in [-0.3, -0.25) is 4.79 Å². The zero-order valence-corrected chi connectivity index (χ0v) is 12.1. The Morgan fingerprint density at radius 2 is 1.95 bits per heavy atom. The Bertz CT molecular complexity index is 650. The van der Waals surface area contributed by atoms with Crippen LogP contribution in [0.5, 0.6) is 5.75 Å². The Morgan fingerprint density at radius 3 is 2.35 bits per heavy atom. The predicted molar refractivity (Wildman–Crippen MR) is 72.0 cm³/mol. The fraction of sp³-hybridized carbons (Fsp3) is 0.333. The highest BCUT2D eigenvalue weighted by molar-refractivity contribution is 7.91. The molecule has 20 heavy (non-hydrogen) atoms. The Labute approximate surface area is 116 Å². The van der Waals surface area contributed by atoms with Gasteiger partial charge in [-0.15, -0.1) is 0 Å². The van der Waals surface area contributed by atoms with Crippen LogP contribution >= 0.6 is 0 Å². The molecule has 1 aromatic rings. The van der Waals surface area contributed by atoms with Gasteiger partial charge in [-0.2, -0.15) is 0 Å². The van der Waals surface area contributed by atoms with E-state index in [1.54, 1.807) is 0 Å². The van der Waals surface area contributed by atoms with E-state index in [0.29, 0.717) is 0 Å². The van der Waals surface area contributed by atoms with Gasteiger partial charge in [0, 0.05) is 13.0 Å². The number of carbonyl (C=O) groups is 2. The highest BCUT2D eigenvalue weighted by Crippen LogP contribution is 2.31. The van der Waals surface area contributed by atoms with Crippen molar-refractivity contribution in [3.05, 3.63) is 17.7 Å². The molecule has 0 saturated carbocycles. The van der Waals surface area contributed by atoms with E-state index in [2.05, 4.69) is 5.32 Å². The minimum Gasteiger partial charge on any atom is -0.496 e. The third kappa shape index (κ3) is 3.27. The number of ether oxygens (including phenoxy) is 1. The average Bonchev–Trinajstić information content (AvgIpc) is 2.36. The van der Waals surface area contributed by atoms with Crippen LogP contribution in [-0.4, -0.2) is 38.3 Å². The van der Waals surface area contributed by atoms with Crippen LogP contribution in [0.1, 0.15) is 24.2 Å². The van der Waals surface area contributed by atoms with Crippen LogP contribution in [0.3, 0.4) is 0 Å². The minimum absolute atomic E-state index is 0.00111. The number of sulfone groups is 1. The highest BCUT2D eigenvalue weighted by atomic mass is 32.2. The van der Waals surface area contributed by atoms with Crippen LogP contribution in [0, 0.1) is 0 Å². The Morgan fingerprint density at radius 1 is 1.35 bits per heavy atom. The predicted octanol–water partition coefficient (Wildman–Crippen LogP) is 1.15. The van der Waals surface area contributed by atoms with Crippen molar-refractivity contribution in [3.8, 4) is 5.75 Å². The largest absolute Gasteiger partial charge is 0.496 e. The normalized spacial score (nSPS) is 10.9. The zero-order valence-electron chi connectivity index (χ0n) is 11.3. The molecular formula is C12H15NO6S. The lowest BCUT2D eigenvalue weighted by atomic mass is 10.1. The lowest BCUT2D eigenvalue weighted by molar-refractivity contribution is -0.114. The van der Waals surface area contributed by atoms with E-state index in [0.717, 1.165) is 6.07 Å². The summed E-state index contributed by atoms with van der Waals surface area (Å²) in [5, 5.41) is 11.4. The molecule has 0 bridgehead atoms. The second-order valence-electron chi connectivity index (χ2n) is 3.94. The zero-order chi connectivity index (χ0) is 15.5. The monoisotopic (exact) mass is 301 g/mol. The molecule has 1 rings (SSSR count). The molecule has 110 valence electrons. The summed E-state index contributed by atoms with van der Waals surface area (Å²) in [4.78, 5) is 22.0. The summed E-state index contributed by atoms with van der Waals surface area (Å²) in [7, 11) is -2.43. The first kappa shape index (κ1) is 16.0. The third-order valence-electron chi connectivity index (χ3n) is 2.56. The molecule has 8 heteroatoms. The summed E-state index contributed by atoms with van der Waals surface area (Å²) < 4.78 is 28.9. The SMILES string of the molecule is CCS(=O)(=O)c1cc(C(=O)O)c(OC)cc1NC(C)=O. The second kappa shape index (κ2) is 5.91. The first-order valence-corrected chi connectivity index (χ1v) is 7.33. The van der Waals surface area contributed by atoms with Crippen molar-refractivity contribution in [2.75, 3.05) is 18.2 Å². The van der Waals surface area contributed by atoms with Crippen molar-refractivity contribution in [3.63, 3.8) is 0 Å². The van der Waals surface area contributed by atoms with E-state index in [1.165, 1.54) is 27.0 Å². The van der Waals surface area contributed by atoms with Gasteiger partial charge >= 0.3 is 5.97 Å². The van der Waals surface area contributed by atoms with E-state index in [-0.39, 0.29) is 27.6 Å². The molecule has 0 fully saturated rings. The molecule has 0 unspecified atom stereocenters. The highest BCUT2D eigenvalue weighted by Gasteiger charge is 2.23. The molecular weight excluding hydrogens is 286 g/mol. The van der Waals surface area contributed by atoms with Gasteiger partial charge in [-0.1, -0.05) is 6.92 Å². The Hall–Kier alpha value is -2.09. The molecule has 0 atom stereocenters. The fourth-order valence-electron chi connectivity index (χ4n) is 1.60. The van der Waals surface area contributed by atoms with E-state index >= 15 is 0 Å². The van der Waals surface area contributed by atoms with Crippen LogP contribution < -0.4 is 10.1 Å². The maximum absolute atomic E-state index is 12.0. The first-order chi connectivity index (χ1) is 9.22. The van der Waals surface area contributed by atoms with Gasteiger partial charge in [0.05, 0.1) is 23.4 Å². The number of carboxylic acids is 1. The van der Waals surface area contributed by atoms with Crippen LogP contribution in [0.15, 0.2) is 17.0 Å². The molecule has 1 aromatic carbocycles. The summed E-state index contributed by atoms with van der Waals surface area (Å²) in [6.45, 7) is 2.65. The van der Waals surface area contributed by atoms with Crippen LogP contribution in [0.2, 0.25) is 0 Å². The van der Waals surface area contributed by atoms with Gasteiger partial charge in [0.1, 0.15) is 11.3 Å². The fourth-order valence-corrected chi connectivity index (χ4v) is 2.65. The summed E-state index contributed by atoms with van der Waals surface area (Å²) in [6, 6.07) is 2.18. The number of carboxylic acid groups (broad SMARTS) is 1. The standard InChI is InChI=1S/C12H15NO6S/c1-4-20(17,18)11-5-8(12(15)16)10(19-3)6-9(11)13-7(2)14/h5-6H,4H2,1-3H3,(H,13,14)(H,15,16). The van der Waals surface area contributed by atoms with E-state index in [1.807, 2.05) is 0 Å². The number of rotatable bonds is 5. The van der Waals surface area contributed by atoms with Crippen molar-refractivity contribution in [2.45, 2.75) is 18.7 Å². The average molecular weight is 301 g/mol. The minimum atomic E-state index is -3.69. The summed E-state index contributed by atoms with van der Waals surface area (Å²) in [5.41, 5.74) is -0.283. The first-order valence-electron chi connectivity index (χ1n) is 5.68. The van der Waals surface area contributed by atoms with E-state index < -0.39 is 21.7 Å². The van der Waals surface area contributed by atoms with Crippen molar-refractivity contribution in [1.82, 2.24) is 0 Å². The van der Waals surface area contributed by atoms with Crippen LogP contribution in [0.4, 0.5) is 5.69 Å². The van der Waals surface area contributed by atoms with Gasteiger partial charge in [-0.05, 0) is 6.07 Å². The topological polar surface area (TPSA) is 110 Å². The molecule has 0 aromatic heterocycles. The summed E-state index contributed by atoms with van der Waals surface area (Å²) in [5.74, 6) is -2.03. The van der Waals surface area contributed by atoms with E-state index in [4.69, 9.17) is 9.84 Å². The van der Waals surface area contributed by atoms with Gasteiger partial charge < -0.3 is 15.2 Å². The number of benzene rings is 1. The van der Waals surface area contributed by atoms with E-state index in [9.17, 15) is 18.0 Å². The lowest BCUT2D eigenvalue weighted by Crippen LogP contribution is -2.14. The Kier molecular flexibility index (Phi) is 4.72. The molecule has 7 nitrogen and oxygen atoms in total. The Balaban J connectivity index is 3.64. The third-order valence-corrected chi connectivity index (χ3v) is 4.33. The molecule has 0 aliphatic heterocycles. The van der Waals surface area contributed by atoms with Gasteiger partial charge in [0.2, 0.25) is 5.91 Å². The maximum atomic E-state index is 12.0. The van der Waals surface area contributed by atoms with Crippen LogP contribution in [0.25, 0.3) is 0 Å². The molecule has 0 aliphatic carbocycles. The molecule has 0 saturated heterocycles. The van der Waals surface area contributed by atoms with Crippen LogP contribution in [-0.2, 0) is 14.6 Å². The lowest BCUT2D eigenvalue weighted by Gasteiger charge is -2.13. The smallest absolute Gasteiger partial charge is 0.339 e. The number of anilines is 1. The number of hydrogen-bond acceptors (Lipinski definition) is 5. The number of carbonyl (C=O) groups excluding carboxylic acids is 1. The number of aromatic carboxylic acids is 1. The van der Waals surface area contributed by atoms with Crippen molar-refractivity contribution in [1.29, 1.82) is 0 Å². The van der Waals surface area contributed by atoms with Crippen molar-refractivity contribution in [2.24, 2.45) is 0 Å². The number of nitrogens with one attached hydrogen (secondary N) is 1. The van der Waals surface area contributed by atoms with Gasteiger partial charge in [0.15, 0.2) is 9.84 Å². The second-order valence-corrected chi connectivity index (χ2v) is 6.19. The molecule has 1 amide bonds. The molecule has 0 aliphatic rings. The molecule has 0 heterocycles. The summed E-state index contributed by atoms with van der Waals surface area (Å²) in [6.07, 6.45) is 0. The van der Waals surface area contributed by atoms with Crippen molar-refractivity contribution >= 4 is 27.4 Å². The number of amides is 1. The molecule has 2 N–H and O–H groups in total.